The first-order valence-corrected chi connectivity index (χ1v) is 12.9. The van der Waals surface area contributed by atoms with Gasteiger partial charge in [-0.2, -0.15) is 15.3 Å². The number of fused-ring (bicyclic) bond motifs is 2. The van der Waals surface area contributed by atoms with Crippen LogP contribution in [-0.4, -0.2) is 52.7 Å². The van der Waals surface area contributed by atoms with Gasteiger partial charge < -0.3 is 0 Å². The van der Waals surface area contributed by atoms with E-state index < -0.39 is 0 Å². The molecule has 1 aliphatic carbocycles. The van der Waals surface area contributed by atoms with Crippen molar-refractivity contribution in [1.29, 1.82) is 0 Å². The van der Waals surface area contributed by atoms with Crippen LogP contribution in [0.15, 0.2) is 48.7 Å². The van der Waals surface area contributed by atoms with Gasteiger partial charge in [0.1, 0.15) is 5.82 Å². The van der Waals surface area contributed by atoms with Gasteiger partial charge in [-0.3, -0.25) is 19.4 Å². The van der Waals surface area contributed by atoms with Gasteiger partial charge in [0.2, 0.25) is 0 Å². The topological polar surface area (TPSA) is 80.5 Å². The number of aromatic nitrogens is 7. The molecule has 2 aromatic carbocycles. The lowest BCUT2D eigenvalue weighted by Gasteiger charge is -2.25. The molecule has 1 N–H and O–H groups in total. The van der Waals surface area contributed by atoms with E-state index >= 15 is 0 Å². The maximum absolute atomic E-state index is 4.94. The lowest BCUT2D eigenvalue weighted by Crippen LogP contribution is -2.33. The third kappa shape index (κ3) is 3.73. The second-order valence-electron chi connectivity index (χ2n) is 10.1. The monoisotopic (exact) mass is 478 g/mol. The minimum Gasteiger partial charge on any atom is -0.296 e. The number of hydrogen-bond acceptors (Lipinski definition) is 5. The van der Waals surface area contributed by atoms with Crippen molar-refractivity contribution >= 4 is 10.9 Å². The van der Waals surface area contributed by atoms with Crippen LogP contribution >= 0.6 is 0 Å². The second kappa shape index (κ2) is 8.41. The van der Waals surface area contributed by atoms with Crippen LogP contribution in [0.1, 0.15) is 48.3 Å². The van der Waals surface area contributed by atoms with Gasteiger partial charge in [0.15, 0.2) is 5.82 Å². The lowest BCUT2D eigenvalue weighted by atomic mass is 9.96. The van der Waals surface area contributed by atoms with Crippen LogP contribution in [0, 0.1) is 0 Å². The number of nitrogens with zero attached hydrogens (tertiary/aromatic N) is 7. The van der Waals surface area contributed by atoms with Crippen molar-refractivity contribution in [2.24, 2.45) is 7.05 Å². The Hall–Kier alpha value is -3.78. The highest BCUT2D eigenvalue weighted by Crippen LogP contribution is 2.45. The molecular weight excluding hydrogens is 448 g/mol. The predicted molar refractivity (Wildman–Crippen MR) is 139 cm³/mol. The van der Waals surface area contributed by atoms with Gasteiger partial charge in [-0.15, -0.1) is 0 Å². The zero-order valence-corrected chi connectivity index (χ0v) is 20.8. The number of H-pyrrole nitrogens is 1. The summed E-state index contributed by atoms with van der Waals surface area (Å²) in [6.45, 7) is 6.28. The number of hydrogen-bond donors (Lipinski definition) is 1. The van der Waals surface area contributed by atoms with Crippen LogP contribution < -0.4 is 0 Å². The first kappa shape index (κ1) is 21.5. The van der Waals surface area contributed by atoms with Crippen molar-refractivity contribution in [3.63, 3.8) is 0 Å². The fourth-order valence-corrected chi connectivity index (χ4v) is 5.48. The molecule has 8 nitrogen and oxygen atoms in total. The van der Waals surface area contributed by atoms with Crippen LogP contribution in [0.2, 0.25) is 0 Å². The largest absolute Gasteiger partial charge is 0.296 e. The Kier molecular flexibility index (Phi) is 5.02. The van der Waals surface area contributed by atoms with E-state index in [9.17, 15) is 0 Å². The molecular formula is C28H30N8. The summed E-state index contributed by atoms with van der Waals surface area (Å²) in [5, 5.41) is 18.2. The summed E-state index contributed by atoms with van der Waals surface area (Å²) >= 11 is 0. The quantitative estimate of drug-likeness (QED) is 0.388. The number of benzene rings is 2. The molecule has 1 saturated carbocycles. The second-order valence-corrected chi connectivity index (χ2v) is 10.1. The molecule has 8 heteroatoms. The normalized spacial score (nSPS) is 16.1. The summed E-state index contributed by atoms with van der Waals surface area (Å²) in [7, 11) is 1.99. The minimum absolute atomic E-state index is 0.639. The van der Waals surface area contributed by atoms with Crippen molar-refractivity contribution in [2.45, 2.75) is 45.2 Å². The Balaban J connectivity index is 1.14. The predicted octanol–water partition coefficient (Wildman–Crippen LogP) is 4.53. The van der Waals surface area contributed by atoms with Crippen molar-refractivity contribution in [1.82, 2.24) is 39.6 Å². The first-order chi connectivity index (χ1) is 17.7. The molecule has 0 spiro atoms. The molecule has 5 aromatic rings. The summed E-state index contributed by atoms with van der Waals surface area (Å²) in [6, 6.07) is 15.1. The smallest absolute Gasteiger partial charge is 0.181 e. The van der Waals surface area contributed by atoms with Gasteiger partial charge in [0.25, 0.3) is 0 Å². The van der Waals surface area contributed by atoms with E-state index in [4.69, 9.17) is 15.2 Å². The zero-order valence-electron chi connectivity index (χ0n) is 20.8. The van der Waals surface area contributed by atoms with Crippen molar-refractivity contribution < 1.29 is 0 Å². The van der Waals surface area contributed by atoms with Crippen LogP contribution in [0.4, 0.5) is 0 Å². The highest BCUT2D eigenvalue weighted by atomic mass is 15.3. The molecule has 0 atom stereocenters. The first-order valence-electron chi connectivity index (χ1n) is 12.9. The van der Waals surface area contributed by atoms with E-state index in [2.05, 4.69) is 69.2 Å². The lowest BCUT2D eigenvalue weighted by molar-refractivity contribution is 0.224. The van der Waals surface area contributed by atoms with Gasteiger partial charge in [-0.05, 0) is 48.6 Å². The average Bonchev–Trinajstić information content (AvgIpc) is 3.30. The molecule has 7 rings (SSSR count). The minimum atomic E-state index is 0.639. The third-order valence-electron chi connectivity index (χ3n) is 7.71. The molecule has 3 aromatic heterocycles. The van der Waals surface area contributed by atoms with Gasteiger partial charge in [-0.1, -0.05) is 37.3 Å². The molecule has 0 unspecified atom stereocenters. The Morgan fingerprint density at radius 1 is 1.00 bits per heavy atom. The number of aryl methyl sites for hydroxylation is 1. The standard InChI is InChI=1S/C28H30N8/c1-3-35-12-13-36-22(17-35)15-25(32-36)18-4-8-20(9-5-18)28-30-26(34(2)33-28)14-21-10-11-24-23(16-29-31-24)27(21)19-6-7-19/h4-5,8-11,15-16,19H,3,6-7,12-14,17H2,1-2H3,(H,29,31). The number of likely N-dealkylation sites (N-methyl/N-ethyl adjacent to an activating group) is 1. The Labute approximate surface area is 210 Å². The van der Waals surface area contributed by atoms with Crippen molar-refractivity contribution in [3.05, 3.63) is 71.3 Å². The SMILES string of the molecule is CCN1CCn2nc(-c3ccc(-c4nc(Cc5ccc6[nH]ncc6c5C5CC5)n(C)n4)cc3)cc2C1. The third-order valence-corrected chi connectivity index (χ3v) is 7.71. The average molecular weight is 479 g/mol. The van der Waals surface area contributed by atoms with E-state index in [1.807, 2.05) is 17.9 Å². The molecule has 182 valence electrons. The van der Waals surface area contributed by atoms with E-state index in [1.165, 1.54) is 35.0 Å². The van der Waals surface area contributed by atoms with E-state index in [-0.39, 0.29) is 0 Å². The Bertz CT molecular complexity index is 1550. The molecule has 0 bridgehead atoms. The van der Waals surface area contributed by atoms with Gasteiger partial charge >= 0.3 is 0 Å². The van der Waals surface area contributed by atoms with E-state index in [0.29, 0.717) is 5.92 Å². The highest BCUT2D eigenvalue weighted by molar-refractivity contribution is 5.84. The van der Waals surface area contributed by atoms with Crippen LogP contribution in [0.25, 0.3) is 33.5 Å². The maximum Gasteiger partial charge on any atom is 0.181 e. The molecule has 0 radical (unpaired) electrons. The van der Waals surface area contributed by atoms with Gasteiger partial charge in [0, 0.05) is 43.1 Å². The highest BCUT2D eigenvalue weighted by Gasteiger charge is 2.29. The molecule has 1 aliphatic heterocycles. The summed E-state index contributed by atoms with van der Waals surface area (Å²) in [6.07, 6.45) is 5.24. The molecule has 2 aliphatic rings. The number of nitrogens with one attached hydrogen (secondary N) is 1. The molecule has 0 saturated heterocycles. The summed E-state index contributed by atoms with van der Waals surface area (Å²) < 4.78 is 4.07. The Morgan fingerprint density at radius 3 is 2.64 bits per heavy atom. The van der Waals surface area contributed by atoms with Gasteiger partial charge in [-0.25, -0.2) is 4.98 Å². The summed E-state index contributed by atoms with van der Waals surface area (Å²) in [5.41, 5.74) is 8.34. The van der Waals surface area contributed by atoms with Gasteiger partial charge in [0.05, 0.1) is 29.6 Å². The summed E-state index contributed by atoms with van der Waals surface area (Å²) in [4.78, 5) is 7.39. The van der Waals surface area contributed by atoms with Crippen LogP contribution in [0.5, 0.6) is 0 Å². The number of rotatable bonds is 6. The fraction of sp³-hybridized carbons (Fsp3) is 0.357. The number of aromatic amines is 1. The van der Waals surface area contributed by atoms with Crippen LogP contribution in [0.3, 0.4) is 0 Å². The van der Waals surface area contributed by atoms with Crippen LogP contribution in [-0.2, 0) is 26.6 Å². The molecule has 4 heterocycles. The molecule has 36 heavy (non-hydrogen) atoms. The van der Waals surface area contributed by atoms with Crippen molar-refractivity contribution in [2.75, 3.05) is 13.1 Å². The molecule has 0 amide bonds. The van der Waals surface area contributed by atoms with E-state index in [0.717, 1.165) is 66.6 Å². The zero-order chi connectivity index (χ0) is 24.2. The molecule has 1 fully saturated rings. The maximum atomic E-state index is 4.94. The van der Waals surface area contributed by atoms with Crippen molar-refractivity contribution in [3.8, 4) is 22.6 Å². The fourth-order valence-electron chi connectivity index (χ4n) is 5.48. The Morgan fingerprint density at radius 2 is 1.83 bits per heavy atom. The van der Waals surface area contributed by atoms with E-state index in [1.54, 1.807) is 0 Å². The summed E-state index contributed by atoms with van der Waals surface area (Å²) in [5.74, 6) is 2.38.